The van der Waals surface area contributed by atoms with Crippen LogP contribution in [0.3, 0.4) is 0 Å². The van der Waals surface area contributed by atoms with Crippen molar-refractivity contribution >= 4 is 75.1 Å². The Balaban J connectivity index is 1.09. The number of rotatable bonds is 4. The first-order chi connectivity index (χ1) is 25.3. The Morgan fingerprint density at radius 1 is 0.314 bits per heavy atom. The molecule has 0 atom stereocenters. The largest absolute Gasteiger partial charge is 0.309 e. The van der Waals surface area contributed by atoms with Crippen molar-refractivity contribution in [1.29, 1.82) is 0 Å². The van der Waals surface area contributed by atoms with Gasteiger partial charge >= 0.3 is 0 Å². The normalized spacial score (nSPS) is 11.9. The third kappa shape index (κ3) is 4.29. The minimum atomic E-state index is 1.17. The Morgan fingerprint density at radius 2 is 0.824 bits per heavy atom. The minimum absolute atomic E-state index is 1.17. The number of nitrogens with zero attached hydrogens (tertiary/aromatic N) is 2. The molecular weight excluding hydrogens is 637 g/mol. The van der Waals surface area contributed by atoms with Gasteiger partial charge in [0, 0.05) is 53.1 Å². The van der Waals surface area contributed by atoms with E-state index in [1.165, 1.54) is 97.4 Å². The fourth-order valence-corrected chi connectivity index (χ4v) is 9.45. The molecule has 0 saturated heterocycles. The molecule has 0 radical (unpaired) electrons. The Hall–Kier alpha value is -6.42. The molecule has 0 bridgehead atoms. The van der Waals surface area contributed by atoms with Crippen molar-refractivity contribution in [3.8, 4) is 33.6 Å². The summed E-state index contributed by atoms with van der Waals surface area (Å²) < 4.78 is 7.48. The van der Waals surface area contributed by atoms with Gasteiger partial charge in [-0.2, -0.15) is 0 Å². The van der Waals surface area contributed by atoms with Gasteiger partial charge in [-0.3, -0.25) is 0 Å². The molecule has 0 aliphatic heterocycles. The van der Waals surface area contributed by atoms with Crippen LogP contribution in [0.25, 0.3) is 97.4 Å². The van der Waals surface area contributed by atoms with Crippen LogP contribution in [0.15, 0.2) is 182 Å². The summed E-state index contributed by atoms with van der Waals surface area (Å²) in [6, 6.07) is 66.6. The van der Waals surface area contributed by atoms with E-state index in [4.69, 9.17) is 0 Å². The van der Waals surface area contributed by atoms with E-state index in [0.29, 0.717) is 0 Å². The summed E-state index contributed by atoms with van der Waals surface area (Å²) in [5.74, 6) is 0. The molecule has 0 aliphatic carbocycles. The second-order valence-electron chi connectivity index (χ2n) is 13.3. The van der Waals surface area contributed by atoms with Crippen LogP contribution in [-0.4, -0.2) is 9.13 Å². The first-order valence-electron chi connectivity index (χ1n) is 17.4. The van der Waals surface area contributed by atoms with Crippen LogP contribution in [0.2, 0.25) is 0 Å². The molecule has 3 heteroatoms. The first-order valence-corrected chi connectivity index (χ1v) is 18.3. The van der Waals surface area contributed by atoms with Crippen molar-refractivity contribution in [3.05, 3.63) is 182 Å². The third-order valence-electron chi connectivity index (χ3n) is 10.5. The van der Waals surface area contributed by atoms with Crippen LogP contribution >= 0.6 is 11.3 Å². The molecule has 238 valence electrons. The van der Waals surface area contributed by atoms with Gasteiger partial charge in [0.05, 0.1) is 22.1 Å². The molecule has 0 spiro atoms. The highest BCUT2D eigenvalue weighted by molar-refractivity contribution is 7.26. The zero-order valence-corrected chi connectivity index (χ0v) is 28.4. The molecule has 0 fully saturated rings. The van der Waals surface area contributed by atoms with Crippen LogP contribution in [0.4, 0.5) is 0 Å². The van der Waals surface area contributed by atoms with Crippen LogP contribution in [-0.2, 0) is 0 Å². The van der Waals surface area contributed by atoms with Gasteiger partial charge in [-0.15, -0.1) is 11.3 Å². The Labute approximate surface area is 298 Å². The average Bonchev–Trinajstić information content (AvgIpc) is 3.85. The molecule has 0 amide bonds. The number of fused-ring (bicyclic) bond motifs is 9. The van der Waals surface area contributed by atoms with Crippen molar-refractivity contribution in [2.24, 2.45) is 0 Å². The maximum absolute atomic E-state index is 2.44. The first kappa shape index (κ1) is 28.4. The van der Waals surface area contributed by atoms with E-state index in [-0.39, 0.29) is 0 Å². The molecule has 0 saturated carbocycles. The lowest BCUT2D eigenvalue weighted by Gasteiger charge is -2.11. The lowest BCUT2D eigenvalue weighted by atomic mass is 9.98. The van der Waals surface area contributed by atoms with Crippen LogP contribution in [0.1, 0.15) is 0 Å². The fraction of sp³-hybridized carbons (Fsp3) is 0. The Morgan fingerprint density at radius 3 is 1.53 bits per heavy atom. The van der Waals surface area contributed by atoms with Gasteiger partial charge < -0.3 is 9.13 Å². The topological polar surface area (TPSA) is 9.86 Å². The van der Waals surface area contributed by atoms with E-state index < -0.39 is 0 Å². The number of benzene rings is 8. The summed E-state index contributed by atoms with van der Waals surface area (Å²) in [6.07, 6.45) is 0. The van der Waals surface area contributed by atoms with Crippen LogP contribution in [0, 0.1) is 0 Å². The summed E-state index contributed by atoms with van der Waals surface area (Å²) in [6.45, 7) is 0. The van der Waals surface area contributed by atoms with Gasteiger partial charge in [0.15, 0.2) is 0 Å². The van der Waals surface area contributed by atoms with Crippen molar-refractivity contribution in [1.82, 2.24) is 9.13 Å². The maximum Gasteiger partial charge on any atom is 0.0542 e. The highest BCUT2D eigenvalue weighted by Crippen LogP contribution is 2.43. The zero-order chi connectivity index (χ0) is 33.5. The van der Waals surface area contributed by atoms with E-state index in [2.05, 4.69) is 191 Å². The van der Waals surface area contributed by atoms with E-state index >= 15 is 0 Å². The smallest absolute Gasteiger partial charge is 0.0542 e. The number of hydrogen-bond acceptors (Lipinski definition) is 1. The molecule has 0 N–H and O–H groups in total. The van der Waals surface area contributed by atoms with E-state index in [9.17, 15) is 0 Å². The molecule has 3 aromatic heterocycles. The molecule has 11 rings (SSSR count). The highest BCUT2D eigenvalue weighted by Gasteiger charge is 2.18. The van der Waals surface area contributed by atoms with Crippen molar-refractivity contribution in [2.45, 2.75) is 0 Å². The summed E-state index contributed by atoms with van der Waals surface area (Å²) in [5.41, 5.74) is 12.2. The second-order valence-corrected chi connectivity index (χ2v) is 14.4. The van der Waals surface area contributed by atoms with Gasteiger partial charge in [0.25, 0.3) is 0 Å². The molecule has 0 unspecified atom stereocenters. The van der Waals surface area contributed by atoms with E-state index in [0.717, 1.165) is 0 Å². The van der Waals surface area contributed by atoms with Gasteiger partial charge in [-0.1, -0.05) is 121 Å². The summed E-state index contributed by atoms with van der Waals surface area (Å²) >= 11 is 1.89. The maximum atomic E-state index is 2.44. The van der Waals surface area contributed by atoms with Gasteiger partial charge in [0.1, 0.15) is 0 Å². The number of para-hydroxylation sites is 3. The summed E-state index contributed by atoms with van der Waals surface area (Å²) in [5, 5.41) is 7.65. The molecule has 11 aromatic rings. The molecule has 8 aromatic carbocycles. The monoisotopic (exact) mass is 666 g/mol. The zero-order valence-electron chi connectivity index (χ0n) is 27.6. The molecule has 51 heavy (non-hydrogen) atoms. The average molecular weight is 667 g/mol. The molecule has 0 aliphatic rings. The van der Waals surface area contributed by atoms with Crippen molar-refractivity contribution < 1.29 is 0 Å². The second kappa shape index (κ2) is 11.0. The van der Waals surface area contributed by atoms with E-state index in [1.54, 1.807) is 0 Å². The lowest BCUT2D eigenvalue weighted by molar-refractivity contribution is 1.17. The third-order valence-corrected chi connectivity index (χ3v) is 11.7. The van der Waals surface area contributed by atoms with Crippen molar-refractivity contribution in [3.63, 3.8) is 0 Å². The summed E-state index contributed by atoms with van der Waals surface area (Å²) in [7, 11) is 0. The fourth-order valence-electron chi connectivity index (χ4n) is 8.23. The lowest BCUT2D eigenvalue weighted by Crippen LogP contribution is -1.95. The van der Waals surface area contributed by atoms with Crippen molar-refractivity contribution in [2.75, 3.05) is 0 Å². The van der Waals surface area contributed by atoms with Crippen LogP contribution < -0.4 is 0 Å². The van der Waals surface area contributed by atoms with E-state index in [1.807, 2.05) is 11.3 Å². The van der Waals surface area contributed by atoms with Crippen LogP contribution in [0.5, 0.6) is 0 Å². The summed E-state index contributed by atoms with van der Waals surface area (Å²) in [4.78, 5) is 0. The molecule has 3 heterocycles. The standard InChI is InChI=1S/C48H30N2S/c1-2-12-31(13-3-1)32-14-10-15-33(28-32)36-19-11-20-40-42-30-35(25-27-47(42)51-48(36)40)50-45-23-9-6-18-39(45)41-29-34(24-26-46(41)50)49-43-21-7-4-16-37(43)38-17-5-8-22-44(38)49/h1-30H. The Kier molecular flexibility index (Phi) is 6.16. The highest BCUT2D eigenvalue weighted by atomic mass is 32.1. The van der Waals surface area contributed by atoms with Gasteiger partial charge in [-0.25, -0.2) is 0 Å². The minimum Gasteiger partial charge on any atom is -0.309 e. The predicted molar refractivity (Wildman–Crippen MR) is 219 cm³/mol. The number of thiophene rings is 1. The molecular formula is C48H30N2S. The van der Waals surface area contributed by atoms with Gasteiger partial charge in [-0.05, 0) is 82.9 Å². The SMILES string of the molecule is c1ccc(-c2cccc(-c3cccc4c3sc3ccc(-n5c6ccccc6c6cc(-n7c8ccccc8c8ccccc87)ccc65)cc34)c2)cc1. The predicted octanol–water partition coefficient (Wildman–Crippen LogP) is 13.6. The molecule has 2 nitrogen and oxygen atoms in total. The quantitative estimate of drug-likeness (QED) is 0.177. The number of aromatic nitrogens is 2. The Bertz CT molecular complexity index is 3090. The number of hydrogen-bond donors (Lipinski definition) is 0. The van der Waals surface area contributed by atoms with Gasteiger partial charge in [0.2, 0.25) is 0 Å².